The van der Waals surface area contributed by atoms with E-state index in [2.05, 4.69) is 4.98 Å². The van der Waals surface area contributed by atoms with Gasteiger partial charge >= 0.3 is 5.69 Å². The van der Waals surface area contributed by atoms with E-state index in [1.54, 1.807) is 11.5 Å². The molecule has 0 amide bonds. The van der Waals surface area contributed by atoms with E-state index in [0.29, 0.717) is 18.4 Å². The highest BCUT2D eigenvalue weighted by Gasteiger charge is 2.32. The quantitative estimate of drug-likeness (QED) is 0.748. The molecule has 1 saturated heterocycles. The molecule has 0 aliphatic carbocycles. The molecule has 2 heterocycles. The van der Waals surface area contributed by atoms with Crippen molar-refractivity contribution in [3.8, 4) is 0 Å². The van der Waals surface area contributed by atoms with E-state index in [1.165, 1.54) is 16.4 Å². The van der Waals surface area contributed by atoms with Gasteiger partial charge in [0.2, 0.25) is 10.0 Å². The minimum atomic E-state index is -3.76. The summed E-state index contributed by atoms with van der Waals surface area (Å²) >= 11 is 0. The molecule has 1 N–H and O–H groups in total. The zero-order valence-electron chi connectivity index (χ0n) is 14.9. The number of aryl methyl sites for hydroxylation is 1. The Kier molecular flexibility index (Phi) is 4.39. The summed E-state index contributed by atoms with van der Waals surface area (Å²) in [5.74, 6) is -0.570. The number of piperidine rings is 1. The van der Waals surface area contributed by atoms with Gasteiger partial charge in [-0.05, 0) is 49.6 Å². The zero-order valence-corrected chi connectivity index (χ0v) is 15.7. The van der Waals surface area contributed by atoms with Gasteiger partial charge in [0.05, 0.1) is 15.9 Å². The number of halogens is 1. The average molecular weight is 389 g/mol. The lowest BCUT2D eigenvalue weighted by molar-refractivity contribution is 0.274. The normalized spacial score (nSPS) is 16.8. The molecule has 1 fully saturated rings. The van der Waals surface area contributed by atoms with E-state index in [-0.39, 0.29) is 29.7 Å². The summed E-state index contributed by atoms with van der Waals surface area (Å²) in [6.45, 7) is 2.23. The minimum absolute atomic E-state index is 0.00483. The van der Waals surface area contributed by atoms with E-state index in [4.69, 9.17) is 0 Å². The van der Waals surface area contributed by atoms with Crippen LogP contribution in [0.1, 0.15) is 24.4 Å². The second kappa shape index (κ2) is 6.61. The molecular formula is C19H20FN3O3S. The van der Waals surface area contributed by atoms with Crippen molar-refractivity contribution in [3.05, 3.63) is 64.3 Å². The van der Waals surface area contributed by atoms with Crippen molar-refractivity contribution in [1.29, 1.82) is 0 Å². The summed E-state index contributed by atoms with van der Waals surface area (Å²) in [6.07, 6.45) is 1.05. The van der Waals surface area contributed by atoms with Gasteiger partial charge in [-0.3, -0.25) is 4.57 Å². The number of imidazole rings is 1. The van der Waals surface area contributed by atoms with Crippen LogP contribution in [0, 0.1) is 12.7 Å². The van der Waals surface area contributed by atoms with E-state index in [9.17, 15) is 17.6 Å². The zero-order chi connectivity index (χ0) is 19.2. The summed E-state index contributed by atoms with van der Waals surface area (Å²) in [4.78, 5) is 15.2. The highest BCUT2D eigenvalue weighted by Crippen LogP contribution is 2.29. The predicted octanol–water partition coefficient (Wildman–Crippen LogP) is 2.80. The van der Waals surface area contributed by atoms with Crippen molar-refractivity contribution >= 4 is 21.1 Å². The molecule has 0 spiro atoms. The van der Waals surface area contributed by atoms with Gasteiger partial charge in [0.25, 0.3) is 0 Å². The Bertz CT molecular complexity index is 1160. The third kappa shape index (κ3) is 3.08. The van der Waals surface area contributed by atoms with Crippen molar-refractivity contribution in [2.75, 3.05) is 13.1 Å². The standard InChI is InChI=1S/C19H20FN3O3S/c1-13-6-7-14(20)12-18(13)27(25,26)22-10-8-15(9-11-22)23-17-5-3-2-4-16(17)21-19(23)24/h2-7,12,15H,8-11H2,1H3,(H,21,24). The number of hydrogen-bond donors (Lipinski definition) is 1. The molecule has 1 aromatic heterocycles. The molecule has 1 aliphatic rings. The number of nitrogens with zero attached hydrogens (tertiary/aromatic N) is 2. The number of H-pyrrole nitrogens is 1. The van der Waals surface area contributed by atoms with Crippen LogP contribution in [0.4, 0.5) is 4.39 Å². The molecule has 0 saturated carbocycles. The summed E-state index contributed by atoms with van der Waals surface area (Å²) < 4.78 is 42.5. The van der Waals surface area contributed by atoms with Gasteiger partial charge in [0.1, 0.15) is 5.82 Å². The van der Waals surface area contributed by atoms with Crippen LogP contribution in [0.15, 0.2) is 52.2 Å². The molecule has 2 aromatic carbocycles. The number of fused-ring (bicyclic) bond motifs is 1. The van der Waals surface area contributed by atoms with Crippen molar-refractivity contribution < 1.29 is 12.8 Å². The number of sulfonamides is 1. The number of rotatable bonds is 3. The Morgan fingerprint density at radius 1 is 1.11 bits per heavy atom. The van der Waals surface area contributed by atoms with Gasteiger partial charge < -0.3 is 4.98 Å². The monoisotopic (exact) mass is 389 g/mol. The van der Waals surface area contributed by atoms with Gasteiger partial charge in [0, 0.05) is 19.1 Å². The van der Waals surface area contributed by atoms with Crippen LogP contribution in [0.25, 0.3) is 11.0 Å². The Labute approximate surface area is 156 Å². The molecule has 1 aliphatic heterocycles. The average Bonchev–Trinajstić information content (AvgIpc) is 2.99. The molecule has 27 heavy (non-hydrogen) atoms. The largest absolute Gasteiger partial charge is 0.326 e. The van der Waals surface area contributed by atoms with E-state index in [0.717, 1.165) is 17.1 Å². The molecule has 4 rings (SSSR count). The van der Waals surface area contributed by atoms with Gasteiger partial charge in [-0.25, -0.2) is 17.6 Å². The first-order chi connectivity index (χ1) is 12.9. The minimum Gasteiger partial charge on any atom is -0.306 e. The lowest BCUT2D eigenvalue weighted by Gasteiger charge is -2.32. The van der Waals surface area contributed by atoms with Crippen molar-refractivity contribution in [2.24, 2.45) is 0 Å². The number of aromatic nitrogens is 2. The molecular weight excluding hydrogens is 369 g/mol. The van der Waals surface area contributed by atoms with Crippen molar-refractivity contribution in [1.82, 2.24) is 13.9 Å². The molecule has 0 atom stereocenters. The first-order valence-electron chi connectivity index (χ1n) is 8.83. The second-order valence-corrected chi connectivity index (χ2v) is 8.77. The van der Waals surface area contributed by atoms with Crippen LogP contribution >= 0.6 is 0 Å². The third-order valence-corrected chi connectivity index (χ3v) is 7.22. The van der Waals surface area contributed by atoms with Crippen LogP contribution < -0.4 is 5.69 Å². The molecule has 6 nitrogen and oxygen atoms in total. The van der Waals surface area contributed by atoms with E-state index < -0.39 is 15.8 Å². The van der Waals surface area contributed by atoms with Crippen LogP contribution in [-0.4, -0.2) is 35.4 Å². The number of aromatic amines is 1. The third-order valence-electron chi connectivity index (χ3n) is 5.18. The van der Waals surface area contributed by atoms with Gasteiger partial charge in [0.15, 0.2) is 0 Å². The molecule has 0 unspecified atom stereocenters. The fourth-order valence-corrected chi connectivity index (χ4v) is 5.47. The Morgan fingerprint density at radius 3 is 2.56 bits per heavy atom. The van der Waals surface area contributed by atoms with Crippen LogP contribution in [0.3, 0.4) is 0 Å². The summed E-state index contributed by atoms with van der Waals surface area (Å²) in [7, 11) is -3.76. The van der Waals surface area contributed by atoms with Crippen LogP contribution in [-0.2, 0) is 10.0 Å². The number of nitrogens with one attached hydrogen (secondary N) is 1. The maximum Gasteiger partial charge on any atom is 0.326 e. The van der Waals surface area contributed by atoms with Crippen molar-refractivity contribution in [3.63, 3.8) is 0 Å². The lowest BCUT2D eigenvalue weighted by Crippen LogP contribution is -2.40. The highest BCUT2D eigenvalue weighted by molar-refractivity contribution is 7.89. The maximum atomic E-state index is 13.6. The van der Waals surface area contributed by atoms with Crippen LogP contribution in [0.5, 0.6) is 0 Å². The smallest absolute Gasteiger partial charge is 0.306 e. The number of hydrogen-bond acceptors (Lipinski definition) is 3. The summed E-state index contributed by atoms with van der Waals surface area (Å²) in [6, 6.07) is 11.2. The molecule has 0 radical (unpaired) electrons. The van der Waals surface area contributed by atoms with Crippen molar-refractivity contribution in [2.45, 2.75) is 30.7 Å². The van der Waals surface area contributed by atoms with E-state index >= 15 is 0 Å². The predicted molar refractivity (Wildman–Crippen MR) is 101 cm³/mol. The topological polar surface area (TPSA) is 75.2 Å². The van der Waals surface area contributed by atoms with Crippen LogP contribution in [0.2, 0.25) is 0 Å². The Hall–Kier alpha value is -2.45. The molecule has 3 aromatic rings. The van der Waals surface area contributed by atoms with Gasteiger partial charge in [-0.1, -0.05) is 18.2 Å². The highest BCUT2D eigenvalue weighted by atomic mass is 32.2. The lowest BCUT2D eigenvalue weighted by atomic mass is 10.1. The Morgan fingerprint density at radius 2 is 1.81 bits per heavy atom. The summed E-state index contributed by atoms with van der Waals surface area (Å²) in [5, 5.41) is 0. The van der Waals surface area contributed by atoms with E-state index in [1.807, 2.05) is 24.3 Å². The summed E-state index contributed by atoms with van der Waals surface area (Å²) in [5.41, 5.74) is 1.93. The second-order valence-electron chi connectivity index (χ2n) is 6.86. The molecule has 142 valence electrons. The number of para-hydroxylation sites is 2. The molecule has 0 bridgehead atoms. The molecule has 8 heteroatoms. The van der Waals surface area contributed by atoms with Gasteiger partial charge in [-0.15, -0.1) is 0 Å². The van der Waals surface area contributed by atoms with Gasteiger partial charge in [-0.2, -0.15) is 4.31 Å². The first kappa shape index (κ1) is 17.9. The fourth-order valence-electron chi connectivity index (χ4n) is 3.77. The Balaban J connectivity index is 1.59. The fraction of sp³-hybridized carbons (Fsp3) is 0.316. The number of benzene rings is 2. The first-order valence-corrected chi connectivity index (χ1v) is 10.3. The maximum absolute atomic E-state index is 13.6. The SMILES string of the molecule is Cc1ccc(F)cc1S(=O)(=O)N1CCC(n2c(=O)[nH]c3ccccc32)CC1.